The smallest absolute Gasteiger partial charge is 0.0476 e. The highest BCUT2D eigenvalue weighted by molar-refractivity contribution is 7.26. The largest absolute Gasteiger partial charge is 0.310 e. The normalized spacial score (nSPS) is 12.1. The van der Waals surface area contributed by atoms with Crippen LogP contribution in [0.3, 0.4) is 0 Å². The highest BCUT2D eigenvalue weighted by Gasteiger charge is 2.17. The fraction of sp³-hybridized carbons (Fsp3) is 0. The molecule has 3 aromatic heterocycles. The average Bonchev–Trinajstić information content (AvgIpc) is 3.74. The molecule has 0 saturated heterocycles. The first-order valence-electron chi connectivity index (χ1n) is 14.7. The Balaban J connectivity index is 1.22. The molecule has 0 radical (unpaired) electrons. The third-order valence-corrected chi connectivity index (χ3v) is 12.2. The predicted octanol–water partition coefficient (Wildman–Crippen LogP) is 13.4. The van der Waals surface area contributed by atoms with Crippen LogP contribution >= 0.6 is 34.0 Å². The number of rotatable bonds is 3. The number of hydrogen-bond donors (Lipinski definition) is 0. The highest BCUT2D eigenvalue weighted by atomic mass is 32.1. The zero-order valence-corrected chi connectivity index (χ0v) is 25.9. The van der Waals surface area contributed by atoms with Crippen molar-refractivity contribution in [1.82, 2.24) is 0 Å². The van der Waals surface area contributed by atoms with Gasteiger partial charge in [-0.3, -0.25) is 0 Å². The summed E-state index contributed by atoms with van der Waals surface area (Å²) in [6.07, 6.45) is 0. The lowest BCUT2D eigenvalue weighted by atomic mass is 10.0. The van der Waals surface area contributed by atoms with Crippen molar-refractivity contribution < 1.29 is 0 Å². The summed E-state index contributed by atoms with van der Waals surface area (Å²) < 4.78 is 7.97. The molecule has 10 aromatic rings. The zero-order valence-electron chi connectivity index (χ0n) is 23.5. The second kappa shape index (κ2) is 9.38. The number of anilines is 3. The molecular formula is C40H23NS3. The summed E-state index contributed by atoms with van der Waals surface area (Å²) >= 11 is 5.62. The fourth-order valence-corrected chi connectivity index (χ4v) is 10.1. The molecule has 0 bridgehead atoms. The minimum absolute atomic E-state index is 1.16. The fourth-order valence-electron chi connectivity index (χ4n) is 6.75. The van der Waals surface area contributed by atoms with Gasteiger partial charge in [-0.05, 0) is 83.6 Å². The van der Waals surface area contributed by atoms with E-state index in [1.54, 1.807) is 0 Å². The van der Waals surface area contributed by atoms with E-state index >= 15 is 0 Å². The number of thiophene rings is 3. The van der Waals surface area contributed by atoms with Gasteiger partial charge in [0.15, 0.2) is 0 Å². The van der Waals surface area contributed by atoms with E-state index in [2.05, 4.69) is 144 Å². The van der Waals surface area contributed by atoms with Crippen LogP contribution in [-0.2, 0) is 0 Å². The van der Waals surface area contributed by atoms with Gasteiger partial charge in [0, 0.05) is 77.6 Å². The number of benzene rings is 7. The second-order valence-electron chi connectivity index (χ2n) is 11.4. The van der Waals surface area contributed by atoms with Crippen molar-refractivity contribution in [3.8, 4) is 0 Å². The van der Waals surface area contributed by atoms with Crippen LogP contribution in [0.15, 0.2) is 140 Å². The molecule has 10 rings (SSSR count). The van der Waals surface area contributed by atoms with E-state index in [0.29, 0.717) is 0 Å². The Morgan fingerprint density at radius 1 is 0.295 bits per heavy atom. The van der Waals surface area contributed by atoms with Crippen LogP contribution in [0.5, 0.6) is 0 Å². The van der Waals surface area contributed by atoms with E-state index in [9.17, 15) is 0 Å². The van der Waals surface area contributed by atoms with Gasteiger partial charge in [-0.15, -0.1) is 34.0 Å². The molecular weight excluding hydrogens is 591 g/mol. The molecule has 0 saturated carbocycles. The van der Waals surface area contributed by atoms with E-state index in [4.69, 9.17) is 0 Å². The average molecular weight is 614 g/mol. The first-order valence-corrected chi connectivity index (χ1v) is 17.2. The Bertz CT molecular complexity index is 2740. The van der Waals surface area contributed by atoms with Gasteiger partial charge < -0.3 is 4.90 Å². The molecule has 1 nitrogen and oxygen atoms in total. The van der Waals surface area contributed by atoms with Gasteiger partial charge in [0.25, 0.3) is 0 Å². The van der Waals surface area contributed by atoms with Crippen LogP contribution in [0.25, 0.3) is 71.3 Å². The van der Waals surface area contributed by atoms with Gasteiger partial charge in [-0.2, -0.15) is 0 Å². The lowest BCUT2D eigenvalue weighted by Crippen LogP contribution is -2.09. The SMILES string of the molecule is c1ccc2c(c1)sc1cc(N(c3ccc4cc5sc6ccccc6c5cc4c3)c3ccc4sc5ccccc5c4c3)ccc12. The second-order valence-corrected chi connectivity index (χ2v) is 14.6. The monoisotopic (exact) mass is 613 g/mol. The van der Waals surface area contributed by atoms with Crippen molar-refractivity contribution in [2.45, 2.75) is 0 Å². The topological polar surface area (TPSA) is 3.24 Å². The molecule has 0 aliphatic rings. The summed E-state index contributed by atoms with van der Waals surface area (Å²) in [6, 6.07) is 51.8. The first-order chi connectivity index (χ1) is 21.8. The van der Waals surface area contributed by atoms with E-state index in [1.807, 2.05) is 34.0 Å². The van der Waals surface area contributed by atoms with Crippen molar-refractivity contribution >= 4 is 122 Å². The van der Waals surface area contributed by atoms with E-state index in [1.165, 1.54) is 82.7 Å². The molecule has 0 N–H and O–H groups in total. The zero-order chi connectivity index (χ0) is 28.8. The maximum Gasteiger partial charge on any atom is 0.0476 e. The summed E-state index contributed by atoms with van der Waals surface area (Å²) in [5.74, 6) is 0. The first kappa shape index (κ1) is 24.7. The quantitative estimate of drug-likeness (QED) is 0.192. The number of hydrogen-bond acceptors (Lipinski definition) is 4. The third-order valence-electron chi connectivity index (χ3n) is 8.82. The molecule has 44 heavy (non-hydrogen) atoms. The Morgan fingerprint density at radius 2 is 0.773 bits per heavy atom. The lowest BCUT2D eigenvalue weighted by molar-refractivity contribution is 1.30. The minimum Gasteiger partial charge on any atom is -0.310 e. The summed E-state index contributed by atoms with van der Waals surface area (Å²) in [7, 11) is 0. The molecule has 0 amide bonds. The van der Waals surface area contributed by atoms with Crippen molar-refractivity contribution in [1.29, 1.82) is 0 Å². The van der Waals surface area contributed by atoms with Crippen molar-refractivity contribution in [2.75, 3.05) is 4.90 Å². The number of fused-ring (bicyclic) bond motifs is 10. The lowest BCUT2D eigenvalue weighted by Gasteiger charge is -2.26. The van der Waals surface area contributed by atoms with Crippen molar-refractivity contribution in [3.63, 3.8) is 0 Å². The van der Waals surface area contributed by atoms with Gasteiger partial charge in [-0.1, -0.05) is 66.7 Å². The minimum atomic E-state index is 1.16. The van der Waals surface area contributed by atoms with Gasteiger partial charge >= 0.3 is 0 Å². The van der Waals surface area contributed by atoms with E-state index < -0.39 is 0 Å². The van der Waals surface area contributed by atoms with Crippen molar-refractivity contribution in [3.05, 3.63) is 140 Å². The van der Waals surface area contributed by atoms with Crippen LogP contribution < -0.4 is 4.90 Å². The molecule has 0 aliphatic carbocycles. The predicted molar refractivity (Wildman–Crippen MR) is 197 cm³/mol. The molecule has 3 heterocycles. The van der Waals surface area contributed by atoms with E-state index in [-0.39, 0.29) is 0 Å². The van der Waals surface area contributed by atoms with Crippen LogP contribution in [0.4, 0.5) is 17.1 Å². The molecule has 0 unspecified atom stereocenters. The van der Waals surface area contributed by atoms with E-state index in [0.717, 1.165) is 5.69 Å². The summed E-state index contributed by atoms with van der Waals surface area (Å²) in [4.78, 5) is 2.44. The Hall–Kier alpha value is -4.74. The van der Waals surface area contributed by atoms with Gasteiger partial charge in [0.05, 0.1) is 0 Å². The number of nitrogens with zero attached hydrogens (tertiary/aromatic N) is 1. The van der Waals surface area contributed by atoms with Gasteiger partial charge in [0.2, 0.25) is 0 Å². The van der Waals surface area contributed by atoms with Crippen LogP contribution in [-0.4, -0.2) is 0 Å². The van der Waals surface area contributed by atoms with Gasteiger partial charge in [0.1, 0.15) is 0 Å². The maximum absolute atomic E-state index is 2.44. The molecule has 0 atom stereocenters. The molecule has 0 aliphatic heterocycles. The molecule has 4 heteroatoms. The maximum atomic E-state index is 2.44. The molecule has 7 aromatic carbocycles. The molecule has 206 valence electrons. The Morgan fingerprint density at radius 3 is 1.50 bits per heavy atom. The van der Waals surface area contributed by atoms with Crippen LogP contribution in [0.2, 0.25) is 0 Å². The highest BCUT2D eigenvalue weighted by Crippen LogP contribution is 2.44. The molecule has 0 spiro atoms. The Kier molecular flexibility index (Phi) is 5.26. The van der Waals surface area contributed by atoms with Crippen molar-refractivity contribution in [2.24, 2.45) is 0 Å². The summed E-state index contributed by atoms with van der Waals surface area (Å²) in [6.45, 7) is 0. The molecule has 0 fully saturated rings. The third kappa shape index (κ3) is 3.69. The van der Waals surface area contributed by atoms with Gasteiger partial charge in [-0.25, -0.2) is 0 Å². The Labute approximate surface area is 265 Å². The van der Waals surface area contributed by atoms with Crippen LogP contribution in [0.1, 0.15) is 0 Å². The summed E-state index contributed by atoms with van der Waals surface area (Å²) in [5, 5.41) is 10.5. The van der Waals surface area contributed by atoms with Crippen LogP contribution in [0, 0.1) is 0 Å². The summed E-state index contributed by atoms with van der Waals surface area (Å²) in [5.41, 5.74) is 3.50. The standard InChI is InChI=1S/C40H23NS3/c1-4-10-35-29(7-1)32-17-15-28(23-40(32)44-35)41(27-16-18-38-34(22-27)31-9-3-5-11-36(31)42-38)26-14-13-24-21-39-33(20-25(24)19-26)30-8-2-6-12-37(30)43-39/h1-23H.